The van der Waals surface area contributed by atoms with Gasteiger partial charge in [0.05, 0.1) is 0 Å². The molecule has 0 bridgehead atoms. The van der Waals surface area contributed by atoms with Gasteiger partial charge < -0.3 is 0 Å². The van der Waals surface area contributed by atoms with Crippen LogP contribution in [0.15, 0.2) is 0 Å². The van der Waals surface area contributed by atoms with E-state index in [1.54, 1.807) is 0 Å². The minimum Gasteiger partial charge on any atom is -0.0654 e. The largest absolute Gasteiger partial charge is 0.0654 e. The molecule has 1 fully saturated rings. The van der Waals surface area contributed by atoms with Crippen molar-refractivity contribution in [3.8, 4) is 0 Å². The van der Waals surface area contributed by atoms with Crippen LogP contribution in [0.3, 0.4) is 0 Å². The zero-order valence-corrected chi connectivity index (χ0v) is 12.7. The first-order valence-corrected chi connectivity index (χ1v) is 8.13. The Hall–Kier alpha value is 0. The summed E-state index contributed by atoms with van der Waals surface area (Å²) in [5.41, 5.74) is 0. The Bertz CT molecular complexity index is 178. The van der Waals surface area contributed by atoms with Crippen molar-refractivity contribution in [2.45, 2.75) is 85.5 Å². The van der Waals surface area contributed by atoms with Gasteiger partial charge in [-0.1, -0.05) is 79.1 Å². The second-order valence-corrected chi connectivity index (χ2v) is 6.91. The highest BCUT2D eigenvalue weighted by atomic mass is 14.3. The van der Waals surface area contributed by atoms with Crippen molar-refractivity contribution in [3.63, 3.8) is 0 Å². The number of hydrogen-bond acceptors (Lipinski definition) is 0. The van der Waals surface area contributed by atoms with E-state index in [9.17, 15) is 0 Å². The van der Waals surface area contributed by atoms with Gasteiger partial charge in [0.25, 0.3) is 0 Å². The topological polar surface area (TPSA) is 0 Å². The molecule has 102 valence electrons. The summed E-state index contributed by atoms with van der Waals surface area (Å²) < 4.78 is 0. The van der Waals surface area contributed by atoms with Crippen LogP contribution in [0, 0.1) is 23.7 Å². The number of hydrogen-bond donors (Lipinski definition) is 0. The first-order valence-electron chi connectivity index (χ1n) is 8.13. The average Bonchev–Trinajstić information content (AvgIpc) is 2.14. The predicted molar refractivity (Wildman–Crippen MR) is 78.2 cm³/mol. The molecule has 0 aliphatic heterocycles. The van der Waals surface area contributed by atoms with Crippen molar-refractivity contribution >= 4 is 0 Å². The molecule has 0 spiro atoms. The highest BCUT2D eigenvalue weighted by Crippen LogP contribution is 2.39. The van der Waals surface area contributed by atoms with Crippen molar-refractivity contribution in [2.75, 3.05) is 0 Å². The lowest BCUT2D eigenvalue weighted by Crippen LogP contribution is -2.24. The lowest BCUT2D eigenvalue weighted by molar-refractivity contribution is 0.160. The molecule has 0 saturated heterocycles. The van der Waals surface area contributed by atoms with Crippen LogP contribution in [0.5, 0.6) is 0 Å². The quantitative estimate of drug-likeness (QED) is 0.458. The zero-order valence-electron chi connectivity index (χ0n) is 12.7. The molecule has 2 atom stereocenters. The second-order valence-electron chi connectivity index (χ2n) is 6.91. The van der Waals surface area contributed by atoms with E-state index >= 15 is 0 Å². The Balaban J connectivity index is 2.27. The molecule has 17 heavy (non-hydrogen) atoms. The van der Waals surface area contributed by atoms with Gasteiger partial charge in [-0.3, -0.25) is 0 Å². The van der Waals surface area contributed by atoms with Gasteiger partial charge in [0, 0.05) is 0 Å². The molecule has 0 heterocycles. The van der Waals surface area contributed by atoms with E-state index < -0.39 is 0 Å². The van der Waals surface area contributed by atoms with Gasteiger partial charge in [-0.15, -0.1) is 0 Å². The van der Waals surface area contributed by atoms with E-state index in [1.807, 2.05) is 0 Å². The second kappa shape index (κ2) is 8.16. The van der Waals surface area contributed by atoms with Crippen molar-refractivity contribution in [1.82, 2.24) is 0 Å². The van der Waals surface area contributed by atoms with E-state index in [-0.39, 0.29) is 0 Å². The molecule has 0 radical (unpaired) electrons. The van der Waals surface area contributed by atoms with Gasteiger partial charge in [-0.05, 0) is 30.1 Å². The highest BCUT2D eigenvalue weighted by Gasteiger charge is 2.27. The molecule has 1 aliphatic rings. The van der Waals surface area contributed by atoms with E-state index in [4.69, 9.17) is 0 Å². The van der Waals surface area contributed by atoms with Gasteiger partial charge in [-0.25, -0.2) is 0 Å². The Morgan fingerprint density at radius 3 is 2.18 bits per heavy atom. The standard InChI is InChI=1S/C17H34/c1-5-8-15(4)13-17(16-10-7-11-16)12-6-9-14(2)3/h14-17H,5-13H2,1-4H3. The minimum absolute atomic E-state index is 0.894. The molecule has 1 aliphatic carbocycles. The third-order valence-electron chi connectivity index (χ3n) is 4.66. The maximum Gasteiger partial charge on any atom is -0.0383 e. The molecular formula is C17H34. The average molecular weight is 238 g/mol. The van der Waals surface area contributed by atoms with Crippen LogP contribution in [-0.2, 0) is 0 Å². The van der Waals surface area contributed by atoms with Gasteiger partial charge in [-0.2, -0.15) is 0 Å². The predicted octanol–water partition coefficient (Wildman–Crippen LogP) is 6.06. The molecule has 0 nitrogen and oxygen atoms in total. The smallest absolute Gasteiger partial charge is 0.0383 e. The van der Waals surface area contributed by atoms with Crippen LogP contribution in [-0.4, -0.2) is 0 Å². The lowest BCUT2D eigenvalue weighted by atomic mass is 9.70. The Morgan fingerprint density at radius 1 is 1.00 bits per heavy atom. The van der Waals surface area contributed by atoms with Crippen LogP contribution in [0.1, 0.15) is 85.5 Å². The van der Waals surface area contributed by atoms with Crippen LogP contribution < -0.4 is 0 Å². The first-order chi connectivity index (χ1) is 8.13. The Morgan fingerprint density at radius 2 is 1.71 bits per heavy atom. The van der Waals surface area contributed by atoms with Crippen LogP contribution in [0.4, 0.5) is 0 Å². The summed E-state index contributed by atoms with van der Waals surface area (Å²) in [4.78, 5) is 0. The summed E-state index contributed by atoms with van der Waals surface area (Å²) in [6.07, 6.45) is 13.3. The van der Waals surface area contributed by atoms with Crippen LogP contribution >= 0.6 is 0 Å². The summed E-state index contributed by atoms with van der Waals surface area (Å²) in [6.45, 7) is 9.52. The van der Waals surface area contributed by atoms with Gasteiger partial charge in [0.2, 0.25) is 0 Å². The molecule has 0 N–H and O–H groups in total. The summed E-state index contributed by atoms with van der Waals surface area (Å²) in [5, 5.41) is 0. The van der Waals surface area contributed by atoms with E-state index in [1.165, 1.54) is 57.8 Å². The Kier molecular flexibility index (Phi) is 7.23. The third kappa shape index (κ3) is 5.93. The molecule has 0 aromatic rings. The SMILES string of the molecule is CCCC(C)CC(CCCC(C)C)C1CCC1. The molecule has 0 aromatic heterocycles. The Labute approximate surface area is 110 Å². The molecule has 0 heteroatoms. The van der Waals surface area contributed by atoms with Crippen molar-refractivity contribution < 1.29 is 0 Å². The van der Waals surface area contributed by atoms with E-state index in [0.717, 1.165) is 23.7 Å². The summed E-state index contributed by atoms with van der Waals surface area (Å²) in [6, 6.07) is 0. The maximum atomic E-state index is 2.47. The lowest BCUT2D eigenvalue weighted by Gasteiger charge is -2.35. The van der Waals surface area contributed by atoms with Crippen molar-refractivity contribution in [1.29, 1.82) is 0 Å². The third-order valence-corrected chi connectivity index (χ3v) is 4.66. The minimum atomic E-state index is 0.894. The van der Waals surface area contributed by atoms with Crippen LogP contribution in [0.25, 0.3) is 0 Å². The molecule has 0 amide bonds. The molecule has 1 rings (SSSR count). The molecule has 0 aromatic carbocycles. The first kappa shape index (κ1) is 15.1. The maximum absolute atomic E-state index is 2.47. The molecule has 2 unspecified atom stereocenters. The number of rotatable bonds is 9. The monoisotopic (exact) mass is 238 g/mol. The fraction of sp³-hybridized carbons (Fsp3) is 1.00. The van der Waals surface area contributed by atoms with Crippen molar-refractivity contribution in [2.24, 2.45) is 23.7 Å². The van der Waals surface area contributed by atoms with Gasteiger partial charge in [0.1, 0.15) is 0 Å². The van der Waals surface area contributed by atoms with Gasteiger partial charge >= 0.3 is 0 Å². The van der Waals surface area contributed by atoms with E-state index in [2.05, 4.69) is 27.7 Å². The summed E-state index contributed by atoms with van der Waals surface area (Å²) in [5.74, 6) is 4.01. The van der Waals surface area contributed by atoms with Crippen LogP contribution in [0.2, 0.25) is 0 Å². The molecule has 1 saturated carbocycles. The fourth-order valence-electron chi connectivity index (χ4n) is 3.37. The van der Waals surface area contributed by atoms with Gasteiger partial charge in [0.15, 0.2) is 0 Å². The highest BCUT2D eigenvalue weighted by molar-refractivity contribution is 4.79. The zero-order chi connectivity index (χ0) is 12.7. The summed E-state index contributed by atoms with van der Waals surface area (Å²) >= 11 is 0. The summed E-state index contributed by atoms with van der Waals surface area (Å²) in [7, 11) is 0. The fourth-order valence-corrected chi connectivity index (χ4v) is 3.37. The molecular weight excluding hydrogens is 204 g/mol. The van der Waals surface area contributed by atoms with E-state index in [0.29, 0.717) is 0 Å². The normalized spacial score (nSPS) is 20.3. The van der Waals surface area contributed by atoms with Crippen molar-refractivity contribution in [3.05, 3.63) is 0 Å².